The van der Waals surface area contributed by atoms with Crippen molar-refractivity contribution < 1.29 is 24.2 Å². The molecular formula is C23H39N3O5. The Morgan fingerprint density at radius 3 is 2.55 bits per heavy atom. The molecule has 3 saturated heterocycles. The molecule has 3 rings (SSSR count). The molecule has 0 aromatic heterocycles. The molecule has 8 heteroatoms. The number of nitrogens with one attached hydrogen (secondary N) is 2. The molecule has 31 heavy (non-hydrogen) atoms. The van der Waals surface area contributed by atoms with E-state index in [1.54, 1.807) is 4.90 Å². The van der Waals surface area contributed by atoms with Crippen LogP contribution in [0.4, 0.5) is 0 Å². The van der Waals surface area contributed by atoms with Gasteiger partial charge in [0, 0.05) is 25.7 Å². The molecule has 8 nitrogen and oxygen atoms in total. The Bertz CT molecular complexity index is 699. The Morgan fingerprint density at radius 2 is 1.94 bits per heavy atom. The predicted molar refractivity (Wildman–Crippen MR) is 116 cm³/mol. The van der Waals surface area contributed by atoms with Crippen molar-refractivity contribution >= 4 is 17.7 Å². The van der Waals surface area contributed by atoms with Crippen LogP contribution in [-0.2, 0) is 19.1 Å². The third-order valence-corrected chi connectivity index (χ3v) is 7.25. The molecule has 5 atom stereocenters. The first kappa shape index (κ1) is 24.0. The zero-order valence-corrected chi connectivity index (χ0v) is 19.4. The van der Waals surface area contributed by atoms with Crippen molar-refractivity contribution in [3.05, 3.63) is 0 Å². The van der Waals surface area contributed by atoms with Crippen molar-refractivity contribution in [3.8, 4) is 0 Å². The van der Waals surface area contributed by atoms with Crippen LogP contribution in [0.1, 0.15) is 72.6 Å². The van der Waals surface area contributed by atoms with Gasteiger partial charge in [0.25, 0.3) is 0 Å². The number of aliphatic hydroxyl groups excluding tert-OH is 1. The summed E-state index contributed by atoms with van der Waals surface area (Å²) in [6.45, 7) is 8.90. The molecule has 3 N–H and O–H groups in total. The lowest BCUT2D eigenvalue weighted by atomic mass is 9.65. The summed E-state index contributed by atoms with van der Waals surface area (Å²) in [5, 5.41) is 15.0. The molecule has 0 aromatic carbocycles. The van der Waals surface area contributed by atoms with E-state index in [0.29, 0.717) is 45.2 Å². The number of aliphatic hydroxyl groups is 1. The van der Waals surface area contributed by atoms with Gasteiger partial charge in [-0.2, -0.15) is 0 Å². The van der Waals surface area contributed by atoms with Crippen molar-refractivity contribution in [3.63, 3.8) is 0 Å². The van der Waals surface area contributed by atoms with E-state index in [4.69, 9.17) is 9.84 Å². The molecule has 0 saturated carbocycles. The standard InChI is InChI=1S/C23H39N3O5/c1-5-12-24-19(28)16-17-21(30)26(13-8-7-9-14-27)18(20(29)25-15(3)4)23(17)11-10-22(16,6-2)31-23/h15-18,27H,5-14H2,1-4H3,(H,24,28)(H,25,29)/t16-,17+,18?,22+,23?/m1/s1. The number of unbranched alkanes of at least 4 members (excludes halogenated alkanes) is 2. The number of hydrogen-bond acceptors (Lipinski definition) is 5. The van der Waals surface area contributed by atoms with E-state index in [1.807, 2.05) is 27.7 Å². The van der Waals surface area contributed by atoms with E-state index in [1.165, 1.54) is 0 Å². The average Bonchev–Trinajstić information content (AvgIpc) is 3.32. The molecule has 3 aliphatic heterocycles. The topological polar surface area (TPSA) is 108 Å². The second-order valence-corrected chi connectivity index (χ2v) is 9.60. The second kappa shape index (κ2) is 9.45. The fourth-order valence-corrected chi connectivity index (χ4v) is 5.95. The van der Waals surface area contributed by atoms with E-state index in [0.717, 1.165) is 12.8 Å². The van der Waals surface area contributed by atoms with Gasteiger partial charge in [-0.1, -0.05) is 13.8 Å². The summed E-state index contributed by atoms with van der Waals surface area (Å²) in [5.74, 6) is -1.66. The van der Waals surface area contributed by atoms with Crippen molar-refractivity contribution in [1.29, 1.82) is 0 Å². The van der Waals surface area contributed by atoms with E-state index >= 15 is 0 Å². The summed E-state index contributed by atoms with van der Waals surface area (Å²) in [4.78, 5) is 41.9. The average molecular weight is 438 g/mol. The summed E-state index contributed by atoms with van der Waals surface area (Å²) in [7, 11) is 0. The first-order valence-corrected chi connectivity index (χ1v) is 12.0. The molecule has 0 aliphatic carbocycles. The zero-order chi connectivity index (χ0) is 22.8. The van der Waals surface area contributed by atoms with Crippen LogP contribution in [0.2, 0.25) is 0 Å². The maximum absolute atomic E-state index is 13.7. The summed E-state index contributed by atoms with van der Waals surface area (Å²) >= 11 is 0. The van der Waals surface area contributed by atoms with Gasteiger partial charge in [0.1, 0.15) is 11.6 Å². The quantitative estimate of drug-likeness (QED) is 0.423. The van der Waals surface area contributed by atoms with Gasteiger partial charge in [-0.25, -0.2) is 0 Å². The maximum atomic E-state index is 13.7. The van der Waals surface area contributed by atoms with Gasteiger partial charge in [0.2, 0.25) is 17.7 Å². The highest BCUT2D eigenvalue weighted by atomic mass is 16.5. The third kappa shape index (κ3) is 3.97. The highest BCUT2D eigenvalue weighted by Crippen LogP contribution is 2.64. The monoisotopic (exact) mass is 437 g/mol. The Kier molecular flexibility index (Phi) is 7.31. The molecule has 3 aliphatic rings. The number of likely N-dealkylation sites (tertiary alicyclic amines) is 1. The van der Waals surface area contributed by atoms with Crippen LogP contribution < -0.4 is 10.6 Å². The lowest BCUT2D eigenvalue weighted by Gasteiger charge is -2.34. The van der Waals surface area contributed by atoms with Crippen LogP contribution in [0.5, 0.6) is 0 Å². The van der Waals surface area contributed by atoms with Crippen molar-refractivity contribution in [2.45, 2.75) is 95.9 Å². The predicted octanol–water partition coefficient (Wildman–Crippen LogP) is 1.35. The number of hydrogen-bond donors (Lipinski definition) is 3. The molecule has 2 unspecified atom stereocenters. The molecular weight excluding hydrogens is 398 g/mol. The smallest absolute Gasteiger partial charge is 0.246 e. The van der Waals surface area contributed by atoms with E-state index in [-0.39, 0.29) is 30.4 Å². The van der Waals surface area contributed by atoms with Gasteiger partial charge in [-0.3, -0.25) is 14.4 Å². The minimum atomic E-state index is -0.947. The Hall–Kier alpha value is -1.67. The van der Waals surface area contributed by atoms with Gasteiger partial charge >= 0.3 is 0 Å². The van der Waals surface area contributed by atoms with Gasteiger partial charge in [-0.05, 0) is 58.8 Å². The minimum Gasteiger partial charge on any atom is -0.396 e. The summed E-state index contributed by atoms with van der Waals surface area (Å²) in [5.41, 5.74) is -1.63. The number of carbonyl (C=O) groups is 3. The largest absolute Gasteiger partial charge is 0.396 e. The summed E-state index contributed by atoms with van der Waals surface area (Å²) in [6, 6.07) is -0.782. The highest BCUT2D eigenvalue weighted by molar-refractivity contribution is 5.99. The van der Waals surface area contributed by atoms with Crippen LogP contribution >= 0.6 is 0 Å². The fraction of sp³-hybridized carbons (Fsp3) is 0.870. The van der Waals surface area contributed by atoms with Gasteiger partial charge in [0.15, 0.2) is 0 Å². The normalized spacial score (nSPS) is 33.8. The minimum absolute atomic E-state index is 0.0586. The summed E-state index contributed by atoms with van der Waals surface area (Å²) in [6.07, 6.45) is 4.88. The molecule has 176 valence electrons. The van der Waals surface area contributed by atoms with Crippen LogP contribution in [0.3, 0.4) is 0 Å². The fourth-order valence-electron chi connectivity index (χ4n) is 5.95. The Balaban J connectivity index is 1.96. The highest BCUT2D eigenvalue weighted by Gasteiger charge is 2.78. The van der Waals surface area contributed by atoms with Crippen LogP contribution in [0.25, 0.3) is 0 Å². The van der Waals surface area contributed by atoms with Crippen LogP contribution in [-0.4, -0.2) is 70.7 Å². The summed E-state index contributed by atoms with van der Waals surface area (Å²) < 4.78 is 6.65. The van der Waals surface area contributed by atoms with Crippen LogP contribution in [0.15, 0.2) is 0 Å². The molecule has 2 bridgehead atoms. The SMILES string of the molecule is CCCNC(=O)[C@H]1[C@H]2C(=O)N(CCCCCO)C(C(=O)NC(C)C)C23CC[C@]1(CC)O3. The van der Waals surface area contributed by atoms with Gasteiger partial charge in [0.05, 0.1) is 17.4 Å². The Morgan fingerprint density at radius 1 is 1.19 bits per heavy atom. The van der Waals surface area contributed by atoms with Crippen molar-refractivity contribution in [2.75, 3.05) is 19.7 Å². The van der Waals surface area contributed by atoms with E-state index in [9.17, 15) is 14.4 Å². The second-order valence-electron chi connectivity index (χ2n) is 9.60. The number of amides is 3. The van der Waals surface area contributed by atoms with Gasteiger partial charge in [-0.15, -0.1) is 0 Å². The molecule has 3 amide bonds. The van der Waals surface area contributed by atoms with E-state index in [2.05, 4.69) is 10.6 Å². The molecule has 3 fully saturated rings. The molecule has 0 aromatic rings. The van der Waals surface area contributed by atoms with E-state index < -0.39 is 29.1 Å². The number of nitrogens with zero attached hydrogens (tertiary/aromatic N) is 1. The molecule has 3 heterocycles. The number of fused-ring (bicyclic) bond motifs is 1. The lowest BCUT2D eigenvalue weighted by Crippen LogP contribution is -2.56. The first-order chi connectivity index (χ1) is 14.8. The zero-order valence-electron chi connectivity index (χ0n) is 19.4. The number of carbonyl (C=O) groups excluding carboxylic acids is 3. The number of rotatable bonds is 11. The van der Waals surface area contributed by atoms with Gasteiger partial charge < -0.3 is 25.4 Å². The Labute approximate surface area is 185 Å². The van der Waals surface area contributed by atoms with Crippen LogP contribution in [0, 0.1) is 11.8 Å². The van der Waals surface area contributed by atoms with Crippen molar-refractivity contribution in [1.82, 2.24) is 15.5 Å². The lowest BCUT2D eigenvalue weighted by molar-refractivity contribution is -0.147. The third-order valence-electron chi connectivity index (χ3n) is 7.25. The number of ether oxygens (including phenoxy) is 1. The first-order valence-electron chi connectivity index (χ1n) is 12.0. The van der Waals surface area contributed by atoms with Crippen molar-refractivity contribution in [2.24, 2.45) is 11.8 Å². The molecule has 0 radical (unpaired) electrons. The molecule has 1 spiro atoms. The maximum Gasteiger partial charge on any atom is 0.246 e.